The third-order valence-electron chi connectivity index (χ3n) is 0.547. The lowest BCUT2D eigenvalue weighted by atomic mass is 10.3. The predicted molar refractivity (Wildman–Crippen MR) is 26.3 cm³/mol. The lowest BCUT2D eigenvalue weighted by Gasteiger charge is -1.94. The van der Waals surface area contributed by atoms with Gasteiger partial charge in [0.05, 0.1) is 0 Å². The molecule has 0 heterocycles. The monoisotopic (exact) mass is 100 g/mol. The van der Waals surface area contributed by atoms with E-state index in [0.29, 0.717) is 6.42 Å². The fourth-order valence-corrected chi connectivity index (χ4v) is 0.212. The van der Waals surface area contributed by atoms with Crippen LogP contribution >= 0.6 is 0 Å². The molecule has 0 unspecified atom stereocenters. The highest BCUT2D eigenvalue weighted by Gasteiger charge is 1.90. The number of terminal acetylenes is 1. The summed E-state index contributed by atoms with van der Waals surface area (Å²) in [7, 11) is 0. The van der Waals surface area contributed by atoms with Gasteiger partial charge in [-0.3, -0.25) is 0 Å². The molecule has 0 bridgehead atoms. The van der Waals surface area contributed by atoms with Gasteiger partial charge < -0.3 is 10.2 Å². The topological polar surface area (TPSA) is 40.5 Å². The van der Waals surface area contributed by atoms with Crippen LogP contribution in [-0.4, -0.2) is 16.5 Å². The van der Waals surface area contributed by atoms with Gasteiger partial charge in [0.15, 0.2) is 6.29 Å². The second-order valence-electron chi connectivity index (χ2n) is 1.22. The van der Waals surface area contributed by atoms with E-state index in [1.807, 2.05) is 0 Å². The molecule has 0 aliphatic heterocycles. The third kappa shape index (κ3) is 5.48. The molecule has 0 fully saturated rings. The number of rotatable bonds is 2. The molecule has 2 N–H and O–H groups in total. The molecule has 0 rings (SSSR count). The first-order valence-electron chi connectivity index (χ1n) is 2.07. The Kier molecular flexibility index (Phi) is 3.39. The smallest absolute Gasteiger partial charge is 0.152 e. The van der Waals surface area contributed by atoms with Gasteiger partial charge in [-0.25, -0.2) is 0 Å². The highest BCUT2D eigenvalue weighted by Crippen LogP contribution is 1.88. The Hall–Kier alpha value is -0.520. The lowest BCUT2D eigenvalue weighted by Crippen LogP contribution is -2.01. The molecule has 0 saturated carbocycles. The van der Waals surface area contributed by atoms with E-state index in [9.17, 15) is 0 Å². The van der Waals surface area contributed by atoms with E-state index < -0.39 is 6.29 Å². The van der Waals surface area contributed by atoms with Gasteiger partial charge in [0.25, 0.3) is 0 Å². The van der Waals surface area contributed by atoms with Crippen LogP contribution in [-0.2, 0) is 0 Å². The highest BCUT2D eigenvalue weighted by atomic mass is 16.5. The molecule has 0 aromatic heterocycles. The summed E-state index contributed by atoms with van der Waals surface area (Å²) >= 11 is 0. The number of hydrogen-bond acceptors (Lipinski definition) is 2. The van der Waals surface area contributed by atoms with E-state index in [-0.39, 0.29) is 6.42 Å². The molecule has 2 nitrogen and oxygen atoms in total. The van der Waals surface area contributed by atoms with Crippen LogP contribution in [0.25, 0.3) is 0 Å². The molecule has 0 aliphatic rings. The summed E-state index contributed by atoms with van der Waals surface area (Å²) in [5.74, 6) is 2.28. The molecule has 7 heavy (non-hydrogen) atoms. The molecule has 0 aromatic rings. The average Bonchev–Trinajstić information content (AvgIpc) is 1.61. The van der Waals surface area contributed by atoms with Crippen LogP contribution in [0.3, 0.4) is 0 Å². The number of hydrogen-bond donors (Lipinski definition) is 2. The molecule has 0 aliphatic carbocycles. The lowest BCUT2D eigenvalue weighted by molar-refractivity contribution is -0.0438. The van der Waals surface area contributed by atoms with E-state index in [4.69, 9.17) is 16.6 Å². The zero-order valence-corrected chi connectivity index (χ0v) is 3.96. The Balaban J connectivity index is 2.86. The second kappa shape index (κ2) is 3.66. The van der Waals surface area contributed by atoms with Crippen molar-refractivity contribution in [2.24, 2.45) is 0 Å². The van der Waals surface area contributed by atoms with Crippen LogP contribution < -0.4 is 0 Å². The zero-order valence-electron chi connectivity index (χ0n) is 3.96. The maximum Gasteiger partial charge on any atom is 0.152 e. The Labute approximate surface area is 42.8 Å². The summed E-state index contributed by atoms with van der Waals surface area (Å²) in [6, 6.07) is 0. The van der Waals surface area contributed by atoms with Crippen molar-refractivity contribution in [2.45, 2.75) is 19.1 Å². The largest absolute Gasteiger partial charge is 0.368 e. The Bertz CT molecular complexity index is 70.6. The van der Waals surface area contributed by atoms with E-state index in [1.54, 1.807) is 0 Å². The van der Waals surface area contributed by atoms with Gasteiger partial charge in [0.2, 0.25) is 0 Å². The summed E-state index contributed by atoms with van der Waals surface area (Å²) in [6.45, 7) is 0. The molecule has 0 saturated heterocycles. The van der Waals surface area contributed by atoms with E-state index in [2.05, 4.69) is 5.92 Å². The first kappa shape index (κ1) is 6.48. The van der Waals surface area contributed by atoms with Crippen LogP contribution in [0, 0.1) is 12.3 Å². The second-order valence-corrected chi connectivity index (χ2v) is 1.22. The summed E-state index contributed by atoms with van der Waals surface area (Å²) < 4.78 is 0. The maximum atomic E-state index is 8.14. The summed E-state index contributed by atoms with van der Waals surface area (Å²) in [4.78, 5) is 0. The third-order valence-corrected chi connectivity index (χ3v) is 0.547. The van der Waals surface area contributed by atoms with E-state index in [1.165, 1.54) is 0 Å². The first-order valence-corrected chi connectivity index (χ1v) is 2.07. The molecular weight excluding hydrogens is 92.1 g/mol. The summed E-state index contributed by atoms with van der Waals surface area (Å²) in [5, 5.41) is 16.3. The van der Waals surface area contributed by atoms with Crippen molar-refractivity contribution in [1.29, 1.82) is 0 Å². The van der Waals surface area contributed by atoms with Gasteiger partial charge in [-0.15, -0.1) is 12.3 Å². The normalized spacial score (nSPS) is 8.86. The van der Waals surface area contributed by atoms with Crippen LogP contribution in [0.15, 0.2) is 0 Å². The summed E-state index contributed by atoms with van der Waals surface area (Å²) in [5.41, 5.74) is 0. The van der Waals surface area contributed by atoms with Crippen molar-refractivity contribution in [1.82, 2.24) is 0 Å². The molecule has 2 heteroatoms. The van der Waals surface area contributed by atoms with Crippen molar-refractivity contribution < 1.29 is 10.2 Å². The fraction of sp³-hybridized carbons (Fsp3) is 0.600. The fourth-order valence-electron chi connectivity index (χ4n) is 0.212. The van der Waals surface area contributed by atoms with Crippen molar-refractivity contribution >= 4 is 0 Å². The standard InChI is InChI=1S/C5H8O2/c1-2-3-4-5(6)7/h1,5-7H,3-4H2. The summed E-state index contributed by atoms with van der Waals surface area (Å²) in [6.07, 6.45) is 4.27. The quantitative estimate of drug-likeness (QED) is 0.370. The number of aliphatic hydroxyl groups excluding tert-OH is 1. The zero-order chi connectivity index (χ0) is 5.70. The van der Waals surface area contributed by atoms with Crippen LogP contribution in [0.2, 0.25) is 0 Å². The van der Waals surface area contributed by atoms with E-state index in [0.717, 1.165) is 0 Å². The molecule has 40 valence electrons. The maximum absolute atomic E-state index is 8.14. The average molecular weight is 100 g/mol. The minimum atomic E-state index is -1.24. The molecule has 0 radical (unpaired) electrons. The predicted octanol–water partition coefficient (Wildman–Crippen LogP) is -0.290. The van der Waals surface area contributed by atoms with Gasteiger partial charge in [-0.1, -0.05) is 0 Å². The number of aliphatic hydroxyl groups is 2. The van der Waals surface area contributed by atoms with Crippen molar-refractivity contribution in [3.63, 3.8) is 0 Å². The van der Waals surface area contributed by atoms with Crippen LogP contribution in [0.1, 0.15) is 12.8 Å². The van der Waals surface area contributed by atoms with Crippen molar-refractivity contribution in [2.75, 3.05) is 0 Å². The Morgan fingerprint density at radius 2 is 2.14 bits per heavy atom. The molecule has 0 atom stereocenters. The Morgan fingerprint density at radius 3 is 2.29 bits per heavy atom. The van der Waals surface area contributed by atoms with Crippen LogP contribution in [0.4, 0.5) is 0 Å². The SMILES string of the molecule is C#CCCC(O)O. The van der Waals surface area contributed by atoms with Gasteiger partial charge >= 0.3 is 0 Å². The first-order chi connectivity index (χ1) is 3.27. The van der Waals surface area contributed by atoms with Crippen molar-refractivity contribution in [3.8, 4) is 12.3 Å². The molecule has 0 aromatic carbocycles. The minimum Gasteiger partial charge on any atom is -0.368 e. The van der Waals surface area contributed by atoms with Gasteiger partial charge in [0.1, 0.15) is 0 Å². The van der Waals surface area contributed by atoms with Gasteiger partial charge in [-0.2, -0.15) is 0 Å². The molecule has 0 amide bonds. The molecular formula is C5H8O2. The van der Waals surface area contributed by atoms with Crippen LogP contribution in [0.5, 0.6) is 0 Å². The van der Waals surface area contributed by atoms with Crippen molar-refractivity contribution in [3.05, 3.63) is 0 Å². The highest BCUT2D eigenvalue weighted by molar-refractivity contribution is 4.82. The minimum absolute atomic E-state index is 0.274. The van der Waals surface area contributed by atoms with Gasteiger partial charge in [0, 0.05) is 12.8 Å². The van der Waals surface area contributed by atoms with Gasteiger partial charge in [-0.05, 0) is 0 Å². The Morgan fingerprint density at radius 1 is 1.57 bits per heavy atom. The van der Waals surface area contributed by atoms with E-state index >= 15 is 0 Å². The molecule has 0 spiro atoms.